The van der Waals surface area contributed by atoms with E-state index in [4.69, 9.17) is 0 Å². The smallest absolute Gasteiger partial charge is 0.0142 e. The van der Waals surface area contributed by atoms with E-state index in [9.17, 15) is 0 Å². The van der Waals surface area contributed by atoms with Crippen molar-refractivity contribution in [1.82, 2.24) is 0 Å². The predicted molar refractivity (Wildman–Crippen MR) is 115 cm³/mol. The summed E-state index contributed by atoms with van der Waals surface area (Å²) < 4.78 is 0. The van der Waals surface area contributed by atoms with Crippen molar-refractivity contribution in [3.05, 3.63) is 82.9 Å². The van der Waals surface area contributed by atoms with Crippen LogP contribution in [0.3, 0.4) is 0 Å². The molecule has 0 unspecified atom stereocenters. The largest absolute Gasteiger partial charge is 0.0587 e. The molecule has 0 N–H and O–H groups in total. The molecule has 0 atom stereocenters. The minimum absolute atomic E-state index is 1.31. The van der Waals surface area contributed by atoms with Crippen LogP contribution in [0.5, 0.6) is 0 Å². The summed E-state index contributed by atoms with van der Waals surface area (Å²) in [6.07, 6.45) is 0. The molecule has 0 aliphatic heterocycles. The van der Waals surface area contributed by atoms with Crippen molar-refractivity contribution in [2.45, 2.75) is 27.7 Å². The highest BCUT2D eigenvalue weighted by molar-refractivity contribution is 6.10. The summed E-state index contributed by atoms with van der Waals surface area (Å²) in [7, 11) is 0. The maximum atomic E-state index is 2.38. The molecule has 5 aromatic rings. The first-order valence-corrected chi connectivity index (χ1v) is 9.29. The molecule has 0 heteroatoms. The second-order valence-electron chi connectivity index (χ2n) is 7.74. The van der Waals surface area contributed by atoms with Crippen molar-refractivity contribution in [3.63, 3.8) is 0 Å². The molecule has 0 heterocycles. The van der Waals surface area contributed by atoms with Gasteiger partial charge in [0, 0.05) is 0 Å². The lowest BCUT2D eigenvalue weighted by Gasteiger charge is -2.12. The number of aryl methyl sites for hydroxylation is 4. The molecule has 0 aliphatic carbocycles. The van der Waals surface area contributed by atoms with Crippen molar-refractivity contribution < 1.29 is 0 Å². The number of hydrogen-bond donors (Lipinski definition) is 0. The molecular formula is C26H22. The van der Waals surface area contributed by atoms with Crippen LogP contribution in [0, 0.1) is 27.7 Å². The maximum absolute atomic E-state index is 2.38. The van der Waals surface area contributed by atoms with Gasteiger partial charge in [0.1, 0.15) is 0 Å². The van der Waals surface area contributed by atoms with Crippen molar-refractivity contribution in [1.29, 1.82) is 0 Å². The van der Waals surface area contributed by atoms with Crippen LogP contribution in [0.25, 0.3) is 43.1 Å². The van der Waals surface area contributed by atoms with Crippen LogP contribution in [0.2, 0.25) is 0 Å². The van der Waals surface area contributed by atoms with E-state index in [1.165, 1.54) is 65.3 Å². The van der Waals surface area contributed by atoms with Crippen LogP contribution in [0.1, 0.15) is 22.3 Å². The Kier molecular flexibility index (Phi) is 3.15. The van der Waals surface area contributed by atoms with Gasteiger partial charge in [-0.05, 0) is 118 Å². The van der Waals surface area contributed by atoms with E-state index in [0.29, 0.717) is 0 Å². The molecule has 5 aromatic carbocycles. The Labute approximate surface area is 154 Å². The molecule has 0 radical (unpaired) electrons. The van der Waals surface area contributed by atoms with Crippen LogP contribution in [0.4, 0.5) is 0 Å². The Morgan fingerprint density at radius 1 is 0.423 bits per heavy atom. The Balaban J connectivity index is 1.95. The molecule has 0 nitrogen and oxygen atoms in total. The third-order valence-corrected chi connectivity index (χ3v) is 5.90. The molecule has 26 heavy (non-hydrogen) atoms. The Morgan fingerprint density at radius 3 is 1.65 bits per heavy atom. The molecule has 0 amide bonds. The molecule has 0 bridgehead atoms. The first-order valence-electron chi connectivity index (χ1n) is 9.29. The van der Waals surface area contributed by atoms with Crippen molar-refractivity contribution >= 4 is 43.1 Å². The fraction of sp³-hybridized carbons (Fsp3) is 0.154. The molecule has 0 spiro atoms. The van der Waals surface area contributed by atoms with Gasteiger partial charge in [-0.3, -0.25) is 0 Å². The number of benzene rings is 5. The SMILES string of the molecule is Cc1ccc2c(C)c3cc4cc5c(C)ccc(C)c5cc4cc3cc2c1. The van der Waals surface area contributed by atoms with Crippen molar-refractivity contribution in [3.8, 4) is 0 Å². The summed E-state index contributed by atoms with van der Waals surface area (Å²) in [4.78, 5) is 0. The lowest BCUT2D eigenvalue weighted by atomic mass is 9.92. The average molecular weight is 334 g/mol. The molecule has 5 rings (SSSR count). The van der Waals surface area contributed by atoms with Gasteiger partial charge in [0.25, 0.3) is 0 Å². The van der Waals surface area contributed by atoms with Gasteiger partial charge < -0.3 is 0 Å². The van der Waals surface area contributed by atoms with Gasteiger partial charge in [-0.15, -0.1) is 0 Å². The lowest BCUT2D eigenvalue weighted by Crippen LogP contribution is -1.87. The minimum Gasteiger partial charge on any atom is -0.0587 e. The van der Waals surface area contributed by atoms with E-state index in [-0.39, 0.29) is 0 Å². The zero-order chi connectivity index (χ0) is 18.0. The van der Waals surface area contributed by atoms with Gasteiger partial charge in [-0.1, -0.05) is 35.9 Å². The van der Waals surface area contributed by atoms with Crippen LogP contribution in [-0.4, -0.2) is 0 Å². The molecule has 0 aliphatic rings. The maximum Gasteiger partial charge on any atom is -0.0142 e. The molecule has 0 aromatic heterocycles. The molecular weight excluding hydrogens is 312 g/mol. The summed E-state index contributed by atoms with van der Waals surface area (Å²) in [5.74, 6) is 0. The topological polar surface area (TPSA) is 0 Å². The van der Waals surface area contributed by atoms with Gasteiger partial charge >= 0.3 is 0 Å². The molecule has 0 saturated heterocycles. The second-order valence-corrected chi connectivity index (χ2v) is 7.74. The number of fused-ring (bicyclic) bond motifs is 4. The van der Waals surface area contributed by atoms with E-state index in [2.05, 4.69) is 88.4 Å². The van der Waals surface area contributed by atoms with Gasteiger partial charge in [-0.25, -0.2) is 0 Å². The fourth-order valence-electron chi connectivity index (χ4n) is 4.35. The van der Waals surface area contributed by atoms with E-state index in [0.717, 1.165) is 0 Å². The summed E-state index contributed by atoms with van der Waals surface area (Å²) in [6, 6.07) is 23.0. The quantitative estimate of drug-likeness (QED) is 0.257. The van der Waals surface area contributed by atoms with Crippen LogP contribution in [0.15, 0.2) is 60.7 Å². The van der Waals surface area contributed by atoms with Gasteiger partial charge in [0.2, 0.25) is 0 Å². The Hall–Kier alpha value is -2.86. The van der Waals surface area contributed by atoms with Gasteiger partial charge in [0.05, 0.1) is 0 Å². The summed E-state index contributed by atoms with van der Waals surface area (Å²) in [5, 5.41) is 10.8. The summed E-state index contributed by atoms with van der Waals surface area (Å²) in [5.41, 5.74) is 5.38. The average Bonchev–Trinajstić information content (AvgIpc) is 2.62. The van der Waals surface area contributed by atoms with Crippen LogP contribution < -0.4 is 0 Å². The van der Waals surface area contributed by atoms with Crippen LogP contribution in [-0.2, 0) is 0 Å². The normalized spacial score (nSPS) is 11.8. The highest BCUT2D eigenvalue weighted by atomic mass is 14.1. The fourth-order valence-corrected chi connectivity index (χ4v) is 4.35. The highest BCUT2D eigenvalue weighted by Crippen LogP contribution is 2.34. The second kappa shape index (κ2) is 5.32. The first kappa shape index (κ1) is 15.4. The zero-order valence-corrected chi connectivity index (χ0v) is 15.8. The highest BCUT2D eigenvalue weighted by Gasteiger charge is 2.08. The molecule has 126 valence electrons. The van der Waals surface area contributed by atoms with E-state index < -0.39 is 0 Å². The molecule has 0 fully saturated rings. The third-order valence-electron chi connectivity index (χ3n) is 5.90. The number of rotatable bonds is 0. The van der Waals surface area contributed by atoms with Gasteiger partial charge in [0.15, 0.2) is 0 Å². The molecule has 0 saturated carbocycles. The van der Waals surface area contributed by atoms with E-state index in [1.54, 1.807) is 0 Å². The van der Waals surface area contributed by atoms with Gasteiger partial charge in [-0.2, -0.15) is 0 Å². The zero-order valence-electron chi connectivity index (χ0n) is 15.8. The lowest BCUT2D eigenvalue weighted by molar-refractivity contribution is 1.47. The summed E-state index contributed by atoms with van der Waals surface area (Å²) in [6.45, 7) is 8.82. The van der Waals surface area contributed by atoms with E-state index in [1.807, 2.05) is 0 Å². The van der Waals surface area contributed by atoms with Crippen molar-refractivity contribution in [2.24, 2.45) is 0 Å². The minimum atomic E-state index is 1.31. The van der Waals surface area contributed by atoms with Crippen LogP contribution >= 0.6 is 0 Å². The Morgan fingerprint density at radius 2 is 0.962 bits per heavy atom. The Bertz CT molecular complexity index is 1350. The standard InChI is InChI=1S/C26H22/c1-15-5-8-23-18(4)26-14-20-13-25-17(3)7-6-16(2)24(25)12-19(20)10-22(26)11-21(23)9-15/h5-14H,1-4H3. The third kappa shape index (κ3) is 2.15. The predicted octanol–water partition coefficient (Wildman–Crippen LogP) is 7.53. The van der Waals surface area contributed by atoms with Crippen molar-refractivity contribution in [2.75, 3.05) is 0 Å². The summed E-state index contributed by atoms with van der Waals surface area (Å²) >= 11 is 0. The first-order chi connectivity index (χ1) is 12.5. The number of hydrogen-bond acceptors (Lipinski definition) is 0. The monoisotopic (exact) mass is 334 g/mol. The van der Waals surface area contributed by atoms with E-state index >= 15 is 0 Å².